The first-order valence-corrected chi connectivity index (χ1v) is 7.15. The van der Waals surface area contributed by atoms with E-state index in [0.29, 0.717) is 16.7 Å². The first kappa shape index (κ1) is 14.9. The topological polar surface area (TPSA) is 74.1 Å². The van der Waals surface area contributed by atoms with Gasteiger partial charge in [0.05, 0.1) is 5.39 Å². The maximum absolute atomic E-state index is 12.3. The molecule has 0 aliphatic rings. The van der Waals surface area contributed by atoms with Crippen molar-refractivity contribution >= 4 is 16.9 Å². The summed E-state index contributed by atoms with van der Waals surface area (Å²) in [6.07, 6.45) is 0. The van der Waals surface area contributed by atoms with Crippen molar-refractivity contribution in [3.8, 4) is 5.75 Å². The lowest BCUT2D eigenvalue weighted by molar-refractivity contribution is -0.135. The van der Waals surface area contributed by atoms with E-state index in [0.717, 1.165) is 15.8 Å². The van der Waals surface area contributed by atoms with Crippen LogP contribution in [0.25, 0.3) is 10.9 Å². The smallest absolute Gasteiger partial charge is 0.333 e. The van der Waals surface area contributed by atoms with Gasteiger partial charge in [0.1, 0.15) is 17.8 Å². The minimum Gasteiger partial charge on any atom is -0.425 e. The van der Waals surface area contributed by atoms with Crippen LogP contribution in [0.1, 0.15) is 11.1 Å². The molecule has 0 aliphatic heterocycles. The Morgan fingerprint density at radius 1 is 1.17 bits per heavy atom. The van der Waals surface area contributed by atoms with Crippen LogP contribution in [0, 0.1) is 13.8 Å². The van der Waals surface area contributed by atoms with E-state index in [9.17, 15) is 9.59 Å². The molecule has 0 amide bonds. The quantitative estimate of drug-likeness (QED) is 0.546. The second kappa shape index (κ2) is 6.00. The summed E-state index contributed by atoms with van der Waals surface area (Å²) in [4.78, 5) is 24.3. The summed E-state index contributed by atoms with van der Waals surface area (Å²) in [6, 6.07) is 12.4. The van der Waals surface area contributed by atoms with Crippen LogP contribution in [-0.2, 0) is 11.3 Å². The van der Waals surface area contributed by atoms with Gasteiger partial charge in [0, 0.05) is 0 Å². The zero-order valence-corrected chi connectivity index (χ0v) is 12.8. The molecule has 0 saturated carbocycles. The number of aromatic nitrogens is 3. The summed E-state index contributed by atoms with van der Waals surface area (Å²) in [5, 5.41) is 8.13. The third-order valence-corrected chi connectivity index (χ3v) is 3.46. The van der Waals surface area contributed by atoms with Gasteiger partial charge >= 0.3 is 5.97 Å². The Kier molecular flexibility index (Phi) is 3.89. The van der Waals surface area contributed by atoms with Crippen molar-refractivity contribution in [3.63, 3.8) is 0 Å². The van der Waals surface area contributed by atoms with E-state index >= 15 is 0 Å². The van der Waals surface area contributed by atoms with Crippen LogP contribution < -0.4 is 10.3 Å². The number of hydrogen-bond acceptors (Lipinski definition) is 5. The molecule has 0 radical (unpaired) electrons. The van der Waals surface area contributed by atoms with Crippen molar-refractivity contribution in [3.05, 3.63) is 63.9 Å². The van der Waals surface area contributed by atoms with Crippen LogP contribution in [0.2, 0.25) is 0 Å². The number of aryl methyl sites for hydroxylation is 2. The highest BCUT2D eigenvalue weighted by atomic mass is 16.5. The summed E-state index contributed by atoms with van der Waals surface area (Å²) >= 11 is 0. The zero-order valence-electron chi connectivity index (χ0n) is 12.8. The van der Waals surface area contributed by atoms with Gasteiger partial charge in [-0.05, 0) is 37.6 Å². The molecule has 0 unspecified atom stereocenters. The Hall–Kier alpha value is -3.02. The van der Waals surface area contributed by atoms with E-state index < -0.39 is 5.97 Å². The number of carbonyl (C=O) groups is 1. The van der Waals surface area contributed by atoms with Crippen LogP contribution in [0.4, 0.5) is 0 Å². The predicted molar refractivity (Wildman–Crippen MR) is 85.3 cm³/mol. The van der Waals surface area contributed by atoms with Crippen molar-refractivity contribution in [1.82, 2.24) is 15.0 Å². The highest BCUT2D eigenvalue weighted by Crippen LogP contribution is 2.18. The predicted octanol–water partition coefficient (Wildman–Crippen LogP) is 2.01. The molecular weight excluding hydrogens is 294 g/mol. The molecule has 23 heavy (non-hydrogen) atoms. The Morgan fingerprint density at radius 3 is 2.74 bits per heavy atom. The van der Waals surface area contributed by atoms with E-state index in [2.05, 4.69) is 10.3 Å². The van der Waals surface area contributed by atoms with Gasteiger partial charge in [0.2, 0.25) is 0 Å². The van der Waals surface area contributed by atoms with Gasteiger partial charge in [-0.3, -0.25) is 4.79 Å². The second-order valence-corrected chi connectivity index (χ2v) is 5.31. The lowest BCUT2D eigenvalue weighted by Crippen LogP contribution is -2.29. The minimum absolute atomic E-state index is 0.288. The van der Waals surface area contributed by atoms with Crippen LogP contribution >= 0.6 is 0 Å². The van der Waals surface area contributed by atoms with Gasteiger partial charge < -0.3 is 4.74 Å². The number of carbonyl (C=O) groups excluding carboxylic acids is 1. The lowest BCUT2D eigenvalue weighted by atomic mass is 10.1. The highest BCUT2D eigenvalue weighted by molar-refractivity contribution is 5.77. The van der Waals surface area contributed by atoms with Gasteiger partial charge in [-0.15, -0.1) is 5.10 Å². The summed E-state index contributed by atoms with van der Waals surface area (Å²) in [5.41, 5.74) is 2.07. The minimum atomic E-state index is -0.566. The third-order valence-electron chi connectivity index (χ3n) is 3.46. The Labute approximate surface area is 132 Å². The average molecular weight is 309 g/mol. The average Bonchev–Trinajstić information content (AvgIpc) is 2.53. The molecular formula is C17H15N3O3. The van der Waals surface area contributed by atoms with Crippen molar-refractivity contribution in [2.45, 2.75) is 20.4 Å². The molecule has 0 saturated heterocycles. The van der Waals surface area contributed by atoms with Crippen molar-refractivity contribution in [2.24, 2.45) is 0 Å². The molecule has 0 aliphatic carbocycles. The summed E-state index contributed by atoms with van der Waals surface area (Å²) in [6.45, 7) is 3.53. The molecule has 0 bridgehead atoms. The number of nitrogens with zero attached hydrogens (tertiary/aromatic N) is 3. The maximum Gasteiger partial charge on any atom is 0.333 e. The molecule has 6 nitrogen and oxygen atoms in total. The van der Waals surface area contributed by atoms with Crippen LogP contribution in [0.15, 0.2) is 47.3 Å². The van der Waals surface area contributed by atoms with Crippen molar-refractivity contribution in [1.29, 1.82) is 0 Å². The first-order valence-electron chi connectivity index (χ1n) is 7.15. The lowest BCUT2D eigenvalue weighted by Gasteiger charge is -2.08. The van der Waals surface area contributed by atoms with E-state index in [4.69, 9.17) is 4.74 Å². The molecule has 1 aromatic heterocycles. The van der Waals surface area contributed by atoms with E-state index in [1.165, 1.54) is 0 Å². The number of rotatable bonds is 3. The maximum atomic E-state index is 12.3. The second-order valence-electron chi connectivity index (χ2n) is 5.31. The summed E-state index contributed by atoms with van der Waals surface area (Å²) in [5.74, 6) is -0.0916. The number of esters is 1. The van der Waals surface area contributed by atoms with Gasteiger partial charge in [0.25, 0.3) is 5.56 Å². The van der Waals surface area contributed by atoms with Gasteiger partial charge in [-0.1, -0.05) is 35.0 Å². The fourth-order valence-corrected chi connectivity index (χ4v) is 2.32. The fourth-order valence-electron chi connectivity index (χ4n) is 2.32. The molecule has 0 spiro atoms. The van der Waals surface area contributed by atoms with Gasteiger partial charge in [-0.2, -0.15) is 4.68 Å². The fraction of sp³-hybridized carbons (Fsp3) is 0.176. The van der Waals surface area contributed by atoms with Gasteiger partial charge in [0.15, 0.2) is 0 Å². The summed E-state index contributed by atoms with van der Waals surface area (Å²) < 4.78 is 6.31. The SMILES string of the molecule is Cc1ccc(OC(=O)Cn2nnc3ccccc3c2=O)c(C)c1. The Balaban J connectivity index is 1.83. The Morgan fingerprint density at radius 2 is 1.96 bits per heavy atom. The number of fused-ring (bicyclic) bond motifs is 1. The molecule has 2 aromatic carbocycles. The number of hydrogen-bond donors (Lipinski definition) is 0. The van der Waals surface area contributed by atoms with Crippen molar-refractivity contribution < 1.29 is 9.53 Å². The molecule has 0 fully saturated rings. The monoisotopic (exact) mass is 309 g/mol. The largest absolute Gasteiger partial charge is 0.425 e. The van der Waals surface area contributed by atoms with Crippen LogP contribution in [-0.4, -0.2) is 21.0 Å². The van der Waals surface area contributed by atoms with E-state index in [1.807, 2.05) is 26.0 Å². The standard InChI is InChI=1S/C17H15N3O3/c1-11-7-8-15(12(2)9-11)23-16(21)10-20-17(22)13-5-3-4-6-14(13)18-19-20/h3-9H,10H2,1-2H3. The van der Waals surface area contributed by atoms with Gasteiger partial charge in [-0.25, -0.2) is 4.79 Å². The highest BCUT2D eigenvalue weighted by Gasteiger charge is 2.12. The summed E-state index contributed by atoms with van der Waals surface area (Å²) in [7, 11) is 0. The number of ether oxygens (including phenoxy) is 1. The molecule has 6 heteroatoms. The first-order chi connectivity index (χ1) is 11.0. The molecule has 3 aromatic rings. The van der Waals surface area contributed by atoms with Crippen LogP contribution in [0.3, 0.4) is 0 Å². The molecule has 0 N–H and O–H groups in total. The molecule has 3 rings (SSSR count). The molecule has 0 atom stereocenters. The van der Waals surface area contributed by atoms with E-state index in [-0.39, 0.29) is 12.1 Å². The molecule has 116 valence electrons. The zero-order chi connectivity index (χ0) is 16.4. The third kappa shape index (κ3) is 3.11. The van der Waals surface area contributed by atoms with E-state index in [1.54, 1.807) is 30.3 Å². The number of benzene rings is 2. The Bertz CT molecular complexity index is 947. The van der Waals surface area contributed by atoms with Crippen LogP contribution in [0.5, 0.6) is 5.75 Å². The molecule has 1 heterocycles. The van der Waals surface area contributed by atoms with Crippen molar-refractivity contribution in [2.75, 3.05) is 0 Å². The normalized spacial score (nSPS) is 10.7.